The molecule has 1 rings (SSSR count). The third-order valence-electron chi connectivity index (χ3n) is 11.7. The summed E-state index contributed by atoms with van der Waals surface area (Å²) in [5, 5.41) is 30.7. The van der Waals surface area contributed by atoms with Gasteiger partial charge in [-0.3, -0.25) is 9.35 Å². The molecule has 1 aliphatic rings. The largest absolute Gasteiger partial charge is 0.457 e. The Labute approximate surface area is 366 Å². The third kappa shape index (κ3) is 32.7. The summed E-state index contributed by atoms with van der Waals surface area (Å²) in [4.78, 5) is 12.8. The zero-order chi connectivity index (χ0) is 43.9. The third-order valence-corrected chi connectivity index (χ3v) is 12.2. The van der Waals surface area contributed by atoms with Crippen molar-refractivity contribution in [3.63, 3.8) is 0 Å². The van der Waals surface area contributed by atoms with E-state index in [9.17, 15) is 28.5 Å². The summed E-state index contributed by atoms with van der Waals surface area (Å²) in [6, 6.07) is 0. The first-order valence-electron chi connectivity index (χ1n) is 24.8. The van der Waals surface area contributed by atoms with Crippen LogP contribution in [-0.2, 0) is 38.3 Å². The van der Waals surface area contributed by atoms with Crippen LogP contribution in [0.15, 0.2) is 0 Å². The summed E-state index contributed by atoms with van der Waals surface area (Å²) in [5.74, 6) is -0.396. The normalized spacial score (nSPS) is 20.1. The molecule has 0 spiro atoms. The predicted octanol–water partition coefficient (Wildman–Crippen LogP) is 10.9. The molecule has 1 fully saturated rings. The first-order valence-corrected chi connectivity index (χ1v) is 26.2. The van der Waals surface area contributed by atoms with Gasteiger partial charge in [-0.15, -0.1) is 0 Å². The van der Waals surface area contributed by atoms with Gasteiger partial charge in [-0.2, -0.15) is 8.42 Å². The Balaban J connectivity index is 2.28. The van der Waals surface area contributed by atoms with Gasteiger partial charge in [0.1, 0.15) is 30.5 Å². The second-order valence-corrected chi connectivity index (χ2v) is 18.5. The standard InChI is InChI=1S/C47H92O12S/c1-3-5-7-9-11-13-15-16-17-18-19-20-21-22-23-24-25-26-27-29-31-33-35-37-55-39-41(57-43(49)36-34-32-30-28-14-12-10-8-6-4-2)40-56-47-45(51)46(59-60(52,53)54)44(50)42(38-48)58-47/h41-42,44-48,50-51H,3-40H2,1-2H3,(H,52,53,54). The van der Waals surface area contributed by atoms with E-state index in [4.69, 9.17) is 23.5 Å². The highest BCUT2D eigenvalue weighted by molar-refractivity contribution is 7.80. The molecule has 1 aliphatic heterocycles. The molecule has 0 aromatic rings. The maximum Gasteiger partial charge on any atom is 0.397 e. The summed E-state index contributed by atoms with van der Waals surface area (Å²) >= 11 is 0. The Kier molecular flexibility index (Phi) is 37.8. The minimum Gasteiger partial charge on any atom is -0.457 e. The Hall–Kier alpha value is -0.900. The maximum atomic E-state index is 12.8. The van der Waals surface area contributed by atoms with E-state index in [0.29, 0.717) is 13.0 Å². The molecule has 6 atom stereocenters. The van der Waals surface area contributed by atoms with E-state index in [1.807, 2.05) is 0 Å². The monoisotopic (exact) mass is 881 g/mol. The van der Waals surface area contributed by atoms with Gasteiger partial charge in [-0.1, -0.05) is 213 Å². The van der Waals surface area contributed by atoms with E-state index in [0.717, 1.165) is 38.5 Å². The van der Waals surface area contributed by atoms with Crippen molar-refractivity contribution in [3.8, 4) is 0 Å². The molecule has 0 aromatic carbocycles. The number of rotatable bonds is 44. The van der Waals surface area contributed by atoms with Gasteiger partial charge in [0.05, 0.1) is 19.8 Å². The molecule has 13 heteroatoms. The molecule has 0 aromatic heterocycles. The number of esters is 1. The molecule has 6 unspecified atom stereocenters. The van der Waals surface area contributed by atoms with Crippen molar-refractivity contribution >= 4 is 16.4 Å². The van der Waals surface area contributed by atoms with Crippen LogP contribution >= 0.6 is 0 Å². The van der Waals surface area contributed by atoms with E-state index in [1.54, 1.807) is 0 Å². The van der Waals surface area contributed by atoms with Crippen LogP contribution in [0.1, 0.15) is 232 Å². The van der Waals surface area contributed by atoms with Crippen molar-refractivity contribution in [3.05, 3.63) is 0 Å². The lowest BCUT2D eigenvalue weighted by Crippen LogP contribution is -2.60. The summed E-state index contributed by atoms with van der Waals surface area (Å²) in [6.07, 6.45) is 33.0. The van der Waals surface area contributed by atoms with E-state index in [2.05, 4.69) is 18.0 Å². The summed E-state index contributed by atoms with van der Waals surface area (Å²) in [5.41, 5.74) is 0. The molecular formula is C47H92O12S. The van der Waals surface area contributed by atoms with Crippen LogP contribution in [0.25, 0.3) is 0 Å². The minimum absolute atomic E-state index is 0.0445. The van der Waals surface area contributed by atoms with Crippen LogP contribution in [0.5, 0.6) is 0 Å². The second kappa shape index (κ2) is 39.7. The van der Waals surface area contributed by atoms with Gasteiger partial charge >= 0.3 is 16.4 Å². The highest BCUT2D eigenvalue weighted by Crippen LogP contribution is 2.26. The van der Waals surface area contributed by atoms with Crippen LogP contribution < -0.4 is 0 Å². The fourth-order valence-corrected chi connectivity index (χ4v) is 8.48. The molecule has 0 radical (unpaired) electrons. The molecule has 1 saturated heterocycles. The molecule has 0 saturated carbocycles. The van der Waals surface area contributed by atoms with Crippen molar-refractivity contribution in [1.29, 1.82) is 0 Å². The van der Waals surface area contributed by atoms with Gasteiger partial charge in [-0.05, 0) is 12.8 Å². The van der Waals surface area contributed by atoms with Gasteiger partial charge in [0.25, 0.3) is 0 Å². The fourth-order valence-electron chi connectivity index (χ4n) is 7.97. The second-order valence-electron chi connectivity index (χ2n) is 17.4. The van der Waals surface area contributed by atoms with Crippen LogP contribution in [0.3, 0.4) is 0 Å². The average molecular weight is 881 g/mol. The molecule has 358 valence electrons. The molecule has 60 heavy (non-hydrogen) atoms. The van der Waals surface area contributed by atoms with Gasteiger partial charge in [0.2, 0.25) is 0 Å². The van der Waals surface area contributed by atoms with Crippen molar-refractivity contribution in [1.82, 2.24) is 0 Å². The fraction of sp³-hybridized carbons (Fsp3) is 0.979. The Morgan fingerprint density at radius 2 is 0.950 bits per heavy atom. The smallest absolute Gasteiger partial charge is 0.397 e. The molecule has 12 nitrogen and oxygen atoms in total. The van der Waals surface area contributed by atoms with Gasteiger partial charge in [0, 0.05) is 13.0 Å². The zero-order valence-corrected chi connectivity index (χ0v) is 39.1. The SMILES string of the molecule is CCCCCCCCCCCCCCCCCCCCCCCCCOCC(COC1OC(CO)C(O)C(OS(=O)(=O)O)C1O)OC(=O)CCCCCCCCCCCC. The quantitative estimate of drug-likeness (QED) is 0.0259. The van der Waals surface area contributed by atoms with Gasteiger partial charge < -0.3 is 34.3 Å². The van der Waals surface area contributed by atoms with Crippen molar-refractivity contribution in [2.75, 3.05) is 26.4 Å². The first-order chi connectivity index (χ1) is 29.1. The van der Waals surface area contributed by atoms with Crippen LogP contribution in [0.2, 0.25) is 0 Å². The lowest BCUT2D eigenvalue weighted by molar-refractivity contribution is -0.301. The van der Waals surface area contributed by atoms with E-state index >= 15 is 0 Å². The number of carbonyl (C=O) groups is 1. The van der Waals surface area contributed by atoms with E-state index < -0.39 is 59.8 Å². The van der Waals surface area contributed by atoms with Crippen molar-refractivity contribution in [2.45, 2.75) is 269 Å². The van der Waals surface area contributed by atoms with Gasteiger partial charge in [-0.25, -0.2) is 4.18 Å². The van der Waals surface area contributed by atoms with Crippen molar-refractivity contribution in [2.24, 2.45) is 0 Å². The summed E-state index contributed by atoms with van der Waals surface area (Å²) in [6.45, 7) is 4.02. The van der Waals surface area contributed by atoms with E-state index in [1.165, 1.54) is 167 Å². The molecule has 0 aliphatic carbocycles. The minimum atomic E-state index is -5.05. The number of hydrogen-bond acceptors (Lipinski definition) is 11. The molecular weight excluding hydrogens is 789 g/mol. The highest BCUT2D eigenvalue weighted by Gasteiger charge is 2.48. The Morgan fingerprint density at radius 1 is 0.567 bits per heavy atom. The van der Waals surface area contributed by atoms with Gasteiger partial charge in [0.15, 0.2) is 6.29 Å². The Bertz CT molecular complexity index is 1060. The lowest BCUT2D eigenvalue weighted by Gasteiger charge is -2.41. The number of aliphatic hydroxyl groups excluding tert-OH is 3. The molecule has 0 amide bonds. The zero-order valence-electron chi connectivity index (χ0n) is 38.3. The number of aliphatic hydroxyl groups is 3. The predicted molar refractivity (Wildman–Crippen MR) is 239 cm³/mol. The first kappa shape index (κ1) is 57.1. The number of ether oxygens (including phenoxy) is 4. The number of hydrogen-bond donors (Lipinski definition) is 4. The lowest BCUT2D eigenvalue weighted by atomic mass is 9.99. The number of unbranched alkanes of at least 4 members (excludes halogenated alkanes) is 31. The number of carbonyl (C=O) groups excluding carboxylic acids is 1. The van der Waals surface area contributed by atoms with Crippen molar-refractivity contribution < 1.29 is 56.2 Å². The summed E-state index contributed by atoms with van der Waals surface area (Å²) in [7, 11) is -5.05. The summed E-state index contributed by atoms with van der Waals surface area (Å²) < 4.78 is 59.1. The van der Waals surface area contributed by atoms with Crippen LogP contribution in [0.4, 0.5) is 0 Å². The molecule has 0 bridgehead atoms. The average Bonchev–Trinajstić information content (AvgIpc) is 3.22. The Morgan fingerprint density at radius 3 is 1.33 bits per heavy atom. The van der Waals surface area contributed by atoms with E-state index in [-0.39, 0.29) is 19.6 Å². The van der Waals surface area contributed by atoms with Crippen LogP contribution in [-0.4, -0.2) is 97.5 Å². The van der Waals surface area contributed by atoms with Crippen LogP contribution in [0, 0.1) is 0 Å². The molecule has 4 N–H and O–H groups in total. The molecule has 1 heterocycles. The highest BCUT2D eigenvalue weighted by atomic mass is 32.3. The maximum absolute atomic E-state index is 12.8. The topological polar surface area (TPSA) is 178 Å².